The number of fused-ring (bicyclic) bond motifs is 4. The predicted octanol–water partition coefficient (Wildman–Crippen LogP) is 2.66. The van der Waals surface area contributed by atoms with Gasteiger partial charge in [-0.05, 0) is 24.6 Å². The quantitative estimate of drug-likeness (QED) is 0.591. The van der Waals surface area contributed by atoms with Crippen LogP contribution in [-0.2, 0) is 11.2 Å². The van der Waals surface area contributed by atoms with Crippen molar-refractivity contribution in [3.63, 3.8) is 0 Å². The smallest absolute Gasteiger partial charge is 0.347 e. The summed E-state index contributed by atoms with van der Waals surface area (Å²) in [4.78, 5) is 31.1. The van der Waals surface area contributed by atoms with Crippen molar-refractivity contribution in [1.29, 1.82) is 0 Å². The second kappa shape index (κ2) is 5.45. The van der Waals surface area contributed by atoms with Gasteiger partial charge in [0.25, 0.3) is 5.56 Å². The first-order valence-corrected chi connectivity index (χ1v) is 8.39. The van der Waals surface area contributed by atoms with Crippen LogP contribution in [0, 0.1) is 0 Å². The summed E-state index contributed by atoms with van der Waals surface area (Å²) in [7, 11) is 1.18. The molecule has 0 spiro atoms. The standard InChI is InChI=1S/C17H14N2O4S/c1-23-17(22)13-15(20)9-3-5-24-12-7-11-8(2-4-18-11)6-10(12)14(9)19-16(13)21/h2,4,6-7,18H,3,5H2,1H3,(H2,19,20,21). The molecule has 0 radical (unpaired) electrons. The van der Waals surface area contributed by atoms with Gasteiger partial charge in [0.15, 0.2) is 5.56 Å². The minimum atomic E-state index is -0.838. The SMILES string of the molecule is COC(=O)c1c(O)c2c([nH]c1=O)-c1cc3cc[nH]c3cc1SCC2. The summed E-state index contributed by atoms with van der Waals surface area (Å²) in [6.45, 7) is 0. The van der Waals surface area contributed by atoms with Crippen molar-refractivity contribution in [2.45, 2.75) is 11.3 Å². The number of aromatic hydroxyl groups is 1. The maximum atomic E-state index is 12.3. The largest absolute Gasteiger partial charge is 0.506 e. The lowest BCUT2D eigenvalue weighted by Gasteiger charge is -2.12. The molecule has 1 aliphatic heterocycles. The fourth-order valence-corrected chi connectivity index (χ4v) is 4.10. The topological polar surface area (TPSA) is 95.2 Å². The zero-order chi connectivity index (χ0) is 16.8. The first-order chi connectivity index (χ1) is 11.6. The highest BCUT2D eigenvalue weighted by Gasteiger charge is 2.26. The molecular weight excluding hydrogens is 328 g/mol. The number of hydrogen-bond acceptors (Lipinski definition) is 5. The first-order valence-electron chi connectivity index (χ1n) is 7.41. The van der Waals surface area contributed by atoms with Gasteiger partial charge in [-0.1, -0.05) is 0 Å². The summed E-state index contributed by atoms with van der Waals surface area (Å²) in [5.41, 5.74) is 2.01. The van der Waals surface area contributed by atoms with Crippen LogP contribution in [-0.4, -0.2) is 33.9 Å². The van der Waals surface area contributed by atoms with Crippen LogP contribution in [0.3, 0.4) is 0 Å². The molecule has 3 N–H and O–H groups in total. The van der Waals surface area contributed by atoms with E-state index >= 15 is 0 Å². The number of aromatic nitrogens is 2. The molecule has 0 atom stereocenters. The average molecular weight is 342 g/mol. The van der Waals surface area contributed by atoms with Gasteiger partial charge in [-0.15, -0.1) is 11.8 Å². The normalized spacial score (nSPS) is 13.2. The molecule has 3 aromatic rings. The minimum Gasteiger partial charge on any atom is -0.506 e. The fraction of sp³-hybridized carbons (Fsp3) is 0.176. The number of carbonyl (C=O) groups excluding carboxylic acids is 1. The molecule has 6 nitrogen and oxygen atoms in total. The van der Waals surface area contributed by atoms with Crippen molar-refractivity contribution in [3.05, 3.63) is 45.9 Å². The number of benzene rings is 1. The van der Waals surface area contributed by atoms with E-state index in [1.165, 1.54) is 7.11 Å². The molecule has 122 valence electrons. The number of thioether (sulfide) groups is 1. The zero-order valence-electron chi connectivity index (χ0n) is 12.8. The minimum absolute atomic E-state index is 0.289. The maximum absolute atomic E-state index is 12.3. The van der Waals surface area contributed by atoms with E-state index in [-0.39, 0.29) is 11.3 Å². The third kappa shape index (κ3) is 2.12. The highest BCUT2D eigenvalue weighted by molar-refractivity contribution is 7.99. The molecule has 0 aliphatic carbocycles. The van der Waals surface area contributed by atoms with Gasteiger partial charge in [-0.2, -0.15) is 0 Å². The van der Waals surface area contributed by atoms with Gasteiger partial charge in [0, 0.05) is 38.9 Å². The van der Waals surface area contributed by atoms with Crippen LogP contribution in [0.2, 0.25) is 0 Å². The second-order valence-electron chi connectivity index (χ2n) is 5.53. The lowest BCUT2D eigenvalue weighted by atomic mass is 9.99. The van der Waals surface area contributed by atoms with Gasteiger partial charge in [0.05, 0.1) is 12.8 Å². The van der Waals surface area contributed by atoms with E-state index in [4.69, 9.17) is 0 Å². The van der Waals surface area contributed by atoms with Gasteiger partial charge < -0.3 is 19.8 Å². The summed E-state index contributed by atoms with van der Waals surface area (Å²) in [6, 6.07) is 5.96. The Morgan fingerprint density at radius 3 is 3.00 bits per heavy atom. The van der Waals surface area contributed by atoms with Crippen LogP contribution in [0.1, 0.15) is 15.9 Å². The van der Waals surface area contributed by atoms with Crippen molar-refractivity contribution in [2.75, 3.05) is 12.9 Å². The predicted molar refractivity (Wildman–Crippen MR) is 91.8 cm³/mol. The number of aromatic amines is 2. The number of hydrogen-bond donors (Lipinski definition) is 3. The molecule has 1 aromatic carbocycles. The van der Waals surface area contributed by atoms with Crippen LogP contribution < -0.4 is 5.56 Å². The van der Waals surface area contributed by atoms with Crippen molar-refractivity contribution in [3.8, 4) is 17.0 Å². The molecule has 3 heterocycles. The third-order valence-electron chi connectivity index (χ3n) is 4.21. The molecule has 0 amide bonds. The summed E-state index contributed by atoms with van der Waals surface area (Å²) < 4.78 is 4.61. The van der Waals surface area contributed by atoms with Gasteiger partial charge in [0.1, 0.15) is 5.75 Å². The van der Waals surface area contributed by atoms with E-state index in [2.05, 4.69) is 14.7 Å². The lowest BCUT2D eigenvalue weighted by molar-refractivity contribution is 0.0595. The second-order valence-corrected chi connectivity index (χ2v) is 6.67. The number of methoxy groups -OCH3 is 1. The molecule has 0 saturated carbocycles. The Kier molecular flexibility index (Phi) is 3.38. The van der Waals surface area contributed by atoms with Crippen molar-refractivity contribution in [2.24, 2.45) is 0 Å². The summed E-state index contributed by atoms with van der Waals surface area (Å²) in [5, 5.41) is 11.5. The molecule has 1 aliphatic rings. The number of carbonyl (C=O) groups is 1. The lowest BCUT2D eigenvalue weighted by Crippen LogP contribution is -2.21. The van der Waals surface area contributed by atoms with Gasteiger partial charge in [-0.25, -0.2) is 4.79 Å². The molecule has 24 heavy (non-hydrogen) atoms. The van der Waals surface area contributed by atoms with Crippen LogP contribution in [0.15, 0.2) is 34.1 Å². The van der Waals surface area contributed by atoms with Crippen LogP contribution in [0.4, 0.5) is 0 Å². The zero-order valence-corrected chi connectivity index (χ0v) is 13.6. The van der Waals surface area contributed by atoms with E-state index in [0.717, 1.165) is 27.1 Å². The Morgan fingerprint density at radius 2 is 2.21 bits per heavy atom. The Morgan fingerprint density at radius 1 is 1.38 bits per heavy atom. The highest BCUT2D eigenvalue weighted by atomic mass is 32.2. The van der Waals surface area contributed by atoms with E-state index in [9.17, 15) is 14.7 Å². The number of rotatable bonds is 1. The fourth-order valence-electron chi connectivity index (χ4n) is 3.05. The molecule has 0 unspecified atom stereocenters. The molecular formula is C17H14N2O4S. The van der Waals surface area contributed by atoms with Crippen molar-refractivity contribution in [1.82, 2.24) is 9.97 Å². The molecule has 0 fully saturated rings. The highest BCUT2D eigenvalue weighted by Crippen LogP contribution is 2.41. The van der Waals surface area contributed by atoms with Crippen LogP contribution in [0.5, 0.6) is 5.75 Å². The van der Waals surface area contributed by atoms with Gasteiger partial charge >= 0.3 is 5.97 Å². The molecule has 4 rings (SSSR count). The average Bonchev–Trinajstić information content (AvgIpc) is 2.95. The van der Waals surface area contributed by atoms with Gasteiger partial charge in [-0.3, -0.25) is 4.79 Å². The van der Waals surface area contributed by atoms with E-state index in [1.54, 1.807) is 11.8 Å². The first kappa shape index (κ1) is 14.9. The van der Waals surface area contributed by atoms with Crippen LogP contribution in [0.25, 0.3) is 22.2 Å². The Labute approximate surface area is 140 Å². The van der Waals surface area contributed by atoms with E-state index in [1.807, 2.05) is 24.4 Å². The van der Waals surface area contributed by atoms with Crippen LogP contribution >= 0.6 is 11.8 Å². The maximum Gasteiger partial charge on any atom is 0.347 e. The molecule has 0 bridgehead atoms. The molecule has 7 heteroatoms. The summed E-state index contributed by atoms with van der Waals surface area (Å²) in [6.07, 6.45) is 2.39. The van der Waals surface area contributed by atoms with Crippen molar-refractivity contribution >= 4 is 28.6 Å². The number of esters is 1. The number of H-pyrrole nitrogens is 2. The monoisotopic (exact) mass is 342 g/mol. The Hall–Kier alpha value is -2.67. The number of nitrogens with one attached hydrogen (secondary N) is 2. The van der Waals surface area contributed by atoms with E-state index in [0.29, 0.717) is 17.7 Å². The number of ether oxygens (including phenoxy) is 1. The molecule has 2 aromatic heterocycles. The summed E-state index contributed by atoms with van der Waals surface area (Å²) in [5.74, 6) is -0.398. The third-order valence-corrected chi connectivity index (χ3v) is 5.27. The number of pyridine rings is 1. The summed E-state index contributed by atoms with van der Waals surface area (Å²) >= 11 is 1.65. The van der Waals surface area contributed by atoms with Crippen molar-refractivity contribution < 1.29 is 14.6 Å². The Balaban J connectivity index is 2.03. The van der Waals surface area contributed by atoms with Gasteiger partial charge in [0.2, 0.25) is 0 Å². The Bertz CT molecular complexity index is 1030. The van der Waals surface area contributed by atoms with E-state index < -0.39 is 11.5 Å². The molecule has 0 saturated heterocycles.